The molecule has 3 rings (SSSR count). The largest absolute Gasteiger partial charge is 0.291 e. The molecular weight excluding hydrogens is 196 g/mol. The van der Waals surface area contributed by atoms with Gasteiger partial charge in [0.2, 0.25) is 0 Å². The van der Waals surface area contributed by atoms with Gasteiger partial charge >= 0.3 is 0 Å². The molecule has 0 spiro atoms. The molecular formula is C14H26N2. The Labute approximate surface area is 100.0 Å². The minimum absolute atomic E-state index is 0.617. The van der Waals surface area contributed by atoms with E-state index in [1.807, 2.05) is 0 Å². The highest BCUT2D eigenvalue weighted by atomic mass is 15.4. The fourth-order valence-electron chi connectivity index (χ4n) is 4.71. The van der Waals surface area contributed by atoms with Crippen molar-refractivity contribution in [2.45, 2.75) is 45.2 Å². The first kappa shape index (κ1) is 11.0. The summed E-state index contributed by atoms with van der Waals surface area (Å²) in [6, 6.07) is 0. The molecule has 0 aromatic carbocycles. The first-order valence-electron chi connectivity index (χ1n) is 7.03. The molecule has 0 amide bonds. The fourth-order valence-corrected chi connectivity index (χ4v) is 4.71. The molecule has 2 heteroatoms. The van der Waals surface area contributed by atoms with E-state index in [1.54, 1.807) is 0 Å². The Morgan fingerprint density at radius 1 is 1.00 bits per heavy atom. The van der Waals surface area contributed by atoms with Crippen molar-refractivity contribution in [2.24, 2.45) is 17.3 Å². The SMILES string of the molecule is CN1CCCC2C1N(C)CC2(C)C1CCC1. The van der Waals surface area contributed by atoms with E-state index in [4.69, 9.17) is 0 Å². The van der Waals surface area contributed by atoms with Crippen molar-refractivity contribution in [1.29, 1.82) is 0 Å². The van der Waals surface area contributed by atoms with Crippen LogP contribution >= 0.6 is 0 Å². The number of likely N-dealkylation sites (tertiary alicyclic amines) is 2. The van der Waals surface area contributed by atoms with Crippen molar-refractivity contribution in [1.82, 2.24) is 9.80 Å². The highest BCUT2D eigenvalue weighted by Crippen LogP contribution is 2.54. The van der Waals surface area contributed by atoms with Gasteiger partial charge in [0.25, 0.3) is 0 Å². The van der Waals surface area contributed by atoms with Gasteiger partial charge in [0, 0.05) is 6.54 Å². The quantitative estimate of drug-likeness (QED) is 0.672. The molecule has 3 atom stereocenters. The van der Waals surface area contributed by atoms with E-state index < -0.39 is 0 Å². The molecule has 0 N–H and O–H groups in total. The lowest BCUT2D eigenvalue weighted by atomic mass is 9.60. The molecule has 2 saturated heterocycles. The topological polar surface area (TPSA) is 6.48 Å². The second-order valence-electron chi connectivity index (χ2n) is 6.69. The van der Waals surface area contributed by atoms with E-state index in [0.29, 0.717) is 5.41 Å². The second-order valence-corrected chi connectivity index (χ2v) is 6.69. The summed E-state index contributed by atoms with van der Waals surface area (Å²) in [5, 5.41) is 0. The van der Waals surface area contributed by atoms with Gasteiger partial charge < -0.3 is 0 Å². The third-order valence-electron chi connectivity index (χ3n) is 5.76. The zero-order valence-corrected chi connectivity index (χ0v) is 11.1. The molecule has 3 unspecified atom stereocenters. The summed E-state index contributed by atoms with van der Waals surface area (Å²) in [4.78, 5) is 5.22. The average Bonchev–Trinajstić information content (AvgIpc) is 2.37. The minimum atomic E-state index is 0.617. The Balaban J connectivity index is 1.86. The summed E-state index contributed by atoms with van der Waals surface area (Å²) in [6.45, 7) is 5.21. The molecule has 0 radical (unpaired) electrons. The molecule has 3 aliphatic rings. The van der Waals surface area contributed by atoms with Gasteiger partial charge in [0.15, 0.2) is 0 Å². The van der Waals surface area contributed by atoms with E-state index >= 15 is 0 Å². The first-order valence-corrected chi connectivity index (χ1v) is 7.03. The number of hydrogen-bond acceptors (Lipinski definition) is 2. The van der Waals surface area contributed by atoms with Crippen LogP contribution in [-0.2, 0) is 0 Å². The van der Waals surface area contributed by atoms with Gasteiger partial charge in [-0.05, 0) is 63.6 Å². The highest BCUT2D eigenvalue weighted by Gasteiger charge is 2.54. The molecule has 1 aliphatic carbocycles. The van der Waals surface area contributed by atoms with Crippen molar-refractivity contribution < 1.29 is 0 Å². The lowest BCUT2D eigenvalue weighted by Crippen LogP contribution is -2.49. The molecule has 16 heavy (non-hydrogen) atoms. The van der Waals surface area contributed by atoms with Crippen LogP contribution in [-0.4, -0.2) is 43.2 Å². The van der Waals surface area contributed by atoms with Crippen LogP contribution in [0, 0.1) is 17.3 Å². The van der Waals surface area contributed by atoms with E-state index in [2.05, 4.69) is 30.8 Å². The normalized spacial score (nSPS) is 46.7. The molecule has 2 nitrogen and oxygen atoms in total. The lowest BCUT2D eigenvalue weighted by Gasteiger charge is -2.47. The Kier molecular flexibility index (Phi) is 2.56. The van der Waals surface area contributed by atoms with Crippen LogP contribution < -0.4 is 0 Å². The van der Waals surface area contributed by atoms with Crippen LogP contribution in [0.2, 0.25) is 0 Å². The van der Waals surface area contributed by atoms with Crippen LogP contribution in [0.1, 0.15) is 39.0 Å². The van der Waals surface area contributed by atoms with Crippen LogP contribution in [0.25, 0.3) is 0 Å². The van der Waals surface area contributed by atoms with Crippen LogP contribution in [0.4, 0.5) is 0 Å². The first-order chi connectivity index (χ1) is 7.63. The second kappa shape index (κ2) is 3.71. The summed E-state index contributed by atoms with van der Waals surface area (Å²) in [5.74, 6) is 1.96. The van der Waals surface area contributed by atoms with E-state index in [1.165, 1.54) is 45.2 Å². The van der Waals surface area contributed by atoms with Gasteiger partial charge in [-0.2, -0.15) is 0 Å². The Bertz CT molecular complexity index is 274. The maximum Gasteiger partial charge on any atom is 0.0652 e. The molecule has 0 bridgehead atoms. The Morgan fingerprint density at radius 2 is 1.75 bits per heavy atom. The summed E-state index contributed by atoms with van der Waals surface area (Å²) < 4.78 is 0. The third-order valence-corrected chi connectivity index (χ3v) is 5.76. The zero-order valence-electron chi connectivity index (χ0n) is 11.1. The van der Waals surface area contributed by atoms with Crippen molar-refractivity contribution in [3.05, 3.63) is 0 Å². The van der Waals surface area contributed by atoms with Crippen molar-refractivity contribution in [2.75, 3.05) is 27.2 Å². The van der Waals surface area contributed by atoms with E-state index in [-0.39, 0.29) is 0 Å². The average molecular weight is 222 g/mol. The summed E-state index contributed by atoms with van der Waals surface area (Å²) >= 11 is 0. The lowest BCUT2D eigenvalue weighted by molar-refractivity contribution is 0.00716. The predicted octanol–water partition coefficient (Wildman–Crippen LogP) is 2.41. The predicted molar refractivity (Wildman–Crippen MR) is 67.2 cm³/mol. The number of hydrogen-bond donors (Lipinski definition) is 0. The maximum atomic E-state index is 2.63. The molecule has 2 heterocycles. The third kappa shape index (κ3) is 1.39. The smallest absolute Gasteiger partial charge is 0.0652 e. The summed E-state index contributed by atoms with van der Waals surface area (Å²) in [7, 11) is 4.66. The monoisotopic (exact) mass is 222 g/mol. The number of nitrogens with zero attached hydrogens (tertiary/aromatic N) is 2. The zero-order chi connectivity index (χ0) is 11.3. The standard InChI is InChI=1S/C14H26N2/c1-14(11-6-4-7-11)10-16(3)13-12(14)8-5-9-15(13)2/h11-13H,4-10H2,1-3H3. The van der Waals surface area contributed by atoms with Gasteiger partial charge in [-0.15, -0.1) is 0 Å². The number of rotatable bonds is 1. The number of fused-ring (bicyclic) bond motifs is 1. The minimum Gasteiger partial charge on any atom is -0.291 e. The van der Waals surface area contributed by atoms with Crippen LogP contribution in [0.5, 0.6) is 0 Å². The Hall–Kier alpha value is -0.0800. The van der Waals surface area contributed by atoms with Gasteiger partial charge in [0.05, 0.1) is 6.17 Å². The van der Waals surface area contributed by atoms with Crippen molar-refractivity contribution >= 4 is 0 Å². The Morgan fingerprint density at radius 3 is 2.38 bits per heavy atom. The molecule has 3 fully saturated rings. The molecule has 0 aromatic heterocycles. The van der Waals surface area contributed by atoms with E-state index in [9.17, 15) is 0 Å². The summed E-state index contributed by atoms with van der Waals surface area (Å²) in [5.41, 5.74) is 0.617. The molecule has 2 aliphatic heterocycles. The van der Waals surface area contributed by atoms with Gasteiger partial charge in [-0.1, -0.05) is 13.3 Å². The van der Waals surface area contributed by atoms with Crippen molar-refractivity contribution in [3.8, 4) is 0 Å². The molecule has 0 aromatic rings. The van der Waals surface area contributed by atoms with Gasteiger partial charge in [-0.3, -0.25) is 9.80 Å². The van der Waals surface area contributed by atoms with Gasteiger partial charge in [-0.25, -0.2) is 0 Å². The van der Waals surface area contributed by atoms with Crippen molar-refractivity contribution in [3.63, 3.8) is 0 Å². The van der Waals surface area contributed by atoms with Gasteiger partial charge in [0.1, 0.15) is 0 Å². The van der Waals surface area contributed by atoms with Crippen LogP contribution in [0.15, 0.2) is 0 Å². The number of piperidine rings is 1. The molecule has 92 valence electrons. The highest BCUT2D eigenvalue weighted by molar-refractivity contribution is 5.04. The fraction of sp³-hybridized carbons (Fsp3) is 1.00. The maximum absolute atomic E-state index is 2.63. The molecule has 1 saturated carbocycles. The van der Waals surface area contributed by atoms with E-state index in [0.717, 1.165) is 18.0 Å². The summed E-state index contributed by atoms with van der Waals surface area (Å²) in [6.07, 6.45) is 8.09. The van der Waals surface area contributed by atoms with Crippen LogP contribution in [0.3, 0.4) is 0 Å².